The van der Waals surface area contributed by atoms with Crippen LogP contribution in [0.4, 0.5) is 10.5 Å². The van der Waals surface area contributed by atoms with Crippen molar-refractivity contribution >= 4 is 23.4 Å². The number of aliphatic hydroxyl groups excluding tert-OH is 1. The summed E-state index contributed by atoms with van der Waals surface area (Å²) < 4.78 is 0. The van der Waals surface area contributed by atoms with Gasteiger partial charge in [0, 0.05) is 10.7 Å². The van der Waals surface area contributed by atoms with Crippen LogP contribution < -0.4 is 4.90 Å². The predicted octanol–water partition coefficient (Wildman–Crippen LogP) is 1.82. The first kappa shape index (κ1) is 10.8. The Kier molecular flexibility index (Phi) is 3.73. The van der Waals surface area contributed by atoms with E-state index in [1.54, 1.807) is 24.3 Å². The van der Waals surface area contributed by atoms with Gasteiger partial charge in [-0.25, -0.2) is 4.79 Å². The third kappa shape index (κ3) is 2.61. The van der Waals surface area contributed by atoms with E-state index in [0.29, 0.717) is 10.7 Å². The van der Waals surface area contributed by atoms with Gasteiger partial charge in [0.2, 0.25) is 0 Å². The quantitative estimate of drug-likeness (QED) is 0.809. The second-order valence-electron chi connectivity index (χ2n) is 2.63. The van der Waals surface area contributed by atoms with Crippen molar-refractivity contribution in [1.29, 1.82) is 0 Å². The van der Waals surface area contributed by atoms with Crippen molar-refractivity contribution in [3.05, 3.63) is 29.3 Å². The maximum Gasteiger partial charge on any atom is 0.411 e. The number of anilines is 1. The first-order valence-electron chi connectivity index (χ1n) is 4.02. The monoisotopic (exact) mass is 215 g/mol. The first-order chi connectivity index (χ1) is 6.65. The van der Waals surface area contributed by atoms with Gasteiger partial charge in [0.25, 0.3) is 0 Å². The predicted molar refractivity (Wildman–Crippen MR) is 53.9 cm³/mol. The van der Waals surface area contributed by atoms with Crippen LogP contribution in [-0.2, 0) is 0 Å². The lowest BCUT2D eigenvalue weighted by Gasteiger charge is -2.17. The smallest absolute Gasteiger partial charge is 0.411 e. The molecule has 76 valence electrons. The van der Waals surface area contributed by atoms with Gasteiger partial charge in [0.05, 0.1) is 13.2 Å². The highest BCUT2D eigenvalue weighted by Gasteiger charge is 2.12. The SMILES string of the molecule is O=C(O)N(CCO)c1ccc(Cl)cc1. The van der Waals surface area contributed by atoms with E-state index in [1.807, 2.05) is 0 Å². The molecule has 0 spiro atoms. The zero-order valence-electron chi connectivity index (χ0n) is 7.35. The number of carbonyl (C=O) groups is 1. The minimum atomic E-state index is -1.10. The normalized spacial score (nSPS) is 9.86. The maximum absolute atomic E-state index is 10.8. The molecule has 1 aromatic carbocycles. The number of aliphatic hydroxyl groups is 1. The van der Waals surface area contributed by atoms with E-state index in [9.17, 15) is 4.79 Å². The van der Waals surface area contributed by atoms with Gasteiger partial charge in [0.1, 0.15) is 0 Å². The van der Waals surface area contributed by atoms with E-state index >= 15 is 0 Å². The summed E-state index contributed by atoms with van der Waals surface area (Å²) in [6, 6.07) is 6.38. The summed E-state index contributed by atoms with van der Waals surface area (Å²) in [5, 5.41) is 18.0. The molecule has 0 aliphatic rings. The third-order valence-corrected chi connectivity index (χ3v) is 1.94. The summed E-state index contributed by atoms with van der Waals surface area (Å²) in [7, 11) is 0. The van der Waals surface area contributed by atoms with Crippen molar-refractivity contribution in [1.82, 2.24) is 0 Å². The highest BCUT2D eigenvalue weighted by atomic mass is 35.5. The molecular weight excluding hydrogens is 206 g/mol. The molecule has 5 heteroatoms. The van der Waals surface area contributed by atoms with E-state index in [2.05, 4.69) is 0 Å². The molecule has 0 radical (unpaired) electrons. The summed E-state index contributed by atoms with van der Waals surface area (Å²) in [5.74, 6) is 0. The van der Waals surface area contributed by atoms with Gasteiger partial charge >= 0.3 is 6.09 Å². The van der Waals surface area contributed by atoms with E-state index in [4.69, 9.17) is 21.8 Å². The third-order valence-electron chi connectivity index (χ3n) is 1.69. The average molecular weight is 216 g/mol. The first-order valence-corrected chi connectivity index (χ1v) is 4.40. The molecule has 0 heterocycles. The molecule has 4 nitrogen and oxygen atoms in total. The van der Waals surface area contributed by atoms with Crippen molar-refractivity contribution in [2.75, 3.05) is 18.1 Å². The molecule has 1 rings (SSSR count). The van der Waals surface area contributed by atoms with Crippen LogP contribution in [0.2, 0.25) is 5.02 Å². The van der Waals surface area contributed by atoms with Gasteiger partial charge in [-0.1, -0.05) is 11.6 Å². The molecule has 0 saturated heterocycles. The fourth-order valence-electron chi connectivity index (χ4n) is 1.06. The molecule has 1 amide bonds. The van der Waals surface area contributed by atoms with Crippen LogP contribution in [0, 0.1) is 0 Å². The standard InChI is InChI=1S/C9H10ClNO3/c10-7-1-3-8(4-2-7)11(5-6-12)9(13)14/h1-4,12H,5-6H2,(H,13,14). The van der Waals surface area contributed by atoms with Crippen molar-refractivity contribution in [2.24, 2.45) is 0 Å². The van der Waals surface area contributed by atoms with Crippen molar-refractivity contribution < 1.29 is 15.0 Å². The Morgan fingerprint density at radius 1 is 1.36 bits per heavy atom. The van der Waals surface area contributed by atoms with Gasteiger partial charge in [-0.05, 0) is 24.3 Å². The minimum absolute atomic E-state index is 0.0525. The Morgan fingerprint density at radius 2 is 1.93 bits per heavy atom. The highest BCUT2D eigenvalue weighted by molar-refractivity contribution is 6.30. The zero-order valence-corrected chi connectivity index (χ0v) is 8.11. The summed E-state index contributed by atoms with van der Waals surface area (Å²) >= 11 is 5.66. The van der Waals surface area contributed by atoms with Crippen LogP contribution in [-0.4, -0.2) is 29.5 Å². The van der Waals surface area contributed by atoms with Gasteiger partial charge in [-0.15, -0.1) is 0 Å². The molecule has 0 saturated carbocycles. The van der Waals surface area contributed by atoms with Crippen LogP contribution in [0.25, 0.3) is 0 Å². The Bertz CT molecular complexity index is 312. The average Bonchev–Trinajstić information content (AvgIpc) is 2.15. The fourth-order valence-corrected chi connectivity index (χ4v) is 1.18. The number of nitrogens with zero attached hydrogens (tertiary/aromatic N) is 1. The second-order valence-corrected chi connectivity index (χ2v) is 3.07. The van der Waals surface area contributed by atoms with Crippen molar-refractivity contribution in [3.8, 4) is 0 Å². The molecule has 0 unspecified atom stereocenters. The van der Waals surface area contributed by atoms with Crippen LogP contribution in [0.3, 0.4) is 0 Å². The van der Waals surface area contributed by atoms with Crippen molar-refractivity contribution in [3.63, 3.8) is 0 Å². The summed E-state index contributed by atoms with van der Waals surface area (Å²) in [5.41, 5.74) is 0.496. The fraction of sp³-hybridized carbons (Fsp3) is 0.222. The van der Waals surface area contributed by atoms with E-state index in [-0.39, 0.29) is 13.2 Å². The second kappa shape index (κ2) is 4.83. The highest BCUT2D eigenvalue weighted by Crippen LogP contribution is 2.17. The number of hydrogen-bond acceptors (Lipinski definition) is 2. The number of rotatable bonds is 3. The molecule has 0 aliphatic heterocycles. The minimum Gasteiger partial charge on any atom is -0.465 e. The molecule has 14 heavy (non-hydrogen) atoms. The van der Waals surface area contributed by atoms with Crippen LogP contribution in [0.15, 0.2) is 24.3 Å². The number of carboxylic acid groups (broad SMARTS) is 1. The lowest BCUT2D eigenvalue weighted by molar-refractivity contribution is 0.198. The molecule has 0 aromatic heterocycles. The number of amides is 1. The number of hydrogen-bond donors (Lipinski definition) is 2. The van der Waals surface area contributed by atoms with Gasteiger partial charge < -0.3 is 10.2 Å². The van der Waals surface area contributed by atoms with Crippen LogP contribution in [0.5, 0.6) is 0 Å². The molecular formula is C9H10ClNO3. The topological polar surface area (TPSA) is 60.8 Å². The summed E-state index contributed by atoms with van der Waals surface area (Å²) in [4.78, 5) is 11.8. The van der Waals surface area contributed by atoms with Crippen LogP contribution in [0.1, 0.15) is 0 Å². The largest absolute Gasteiger partial charge is 0.465 e. The Labute approximate surface area is 86.3 Å². The van der Waals surface area contributed by atoms with E-state index in [0.717, 1.165) is 4.90 Å². The van der Waals surface area contributed by atoms with Gasteiger partial charge in [0.15, 0.2) is 0 Å². The maximum atomic E-state index is 10.8. The number of benzene rings is 1. The molecule has 1 aromatic rings. The van der Waals surface area contributed by atoms with E-state index in [1.165, 1.54) is 0 Å². The van der Waals surface area contributed by atoms with Gasteiger partial charge in [-0.3, -0.25) is 4.90 Å². The zero-order chi connectivity index (χ0) is 10.6. The lowest BCUT2D eigenvalue weighted by atomic mass is 10.3. The molecule has 0 bridgehead atoms. The summed E-state index contributed by atoms with van der Waals surface area (Å²) in [6.07, 6.45) is -1.10. The van der Waals surface area contributed by atoms with Crippen molar-refractivity contribution in [2.45, 2.75) is 0 Å². The van der Waals surface area contributed by atoms with Gasteiger partial charge in [-0.2, -0.15) is 0 Å². The Hall–Kier alpha value is -1.26. The number of halogens is 1. The molecule has 0 atom stereocenters. The molecule has 2 N–H and O–H groups in total. The summed E-state index contributed by atoms with van der Waals surface area (Å²) in [6.45, 7) is -0.161. The van der Waals surface area contributed by atoms with Crippen LogP contribution >= 0.6 is 11.6 Å². The van der Waals surface area contributed by atoms with E-state index < -0.39 is 6.09 Å². The molecule has 0 aliphatic carbocycles. The Balaban J connectivity index is 2.87. The Morgan fingerprint density at radius 3 is 2.36 bits per heavy atom. The lowest BCUT2D eigenvalue weighted by Crippen LogP contribution is -2.31. The molecule has 0 fully saturated rings.